The number of piperazine rings is 1. The maximum Gasteiger partial charge on any atom is 0.243 e. The summed E-state index contributed by atoms with van der Waals surface area (Å²) in [5.74, 6) is -5.07. The van der Waals surface area contributed by atoms with Crippen LogP contribution in [-0.4, -0.2) is 56.3 Å². The third kappa shape index (κ3) is 5.31. The molecule has 3 rings (SSSR count). The maximum atomic E-state index is 13.7. The number of carbonyl (C=O) groups is 1. The highest BCUT2D eigenvalue weighted by atomic mass is 32.2. The predicted molar refractivity (Wildman–Crippen MR) is 115 cm³/mol. The van der Waals surface area contributed by atoms with E-state index in [1.54, 1.807) is 17.0 Å². The Morgan fingerprint density at radius 3 is 2.09 bits per heavy atom. The minimum Gasteiger partial charge on any atom is -0.322 e. The molecule has 2 aromatic rings. The molecule has 0 aromatic heterocycles. The number of carbonyl (C=O) groups excluding carboxylic acids is 1. The number of nitrogens with zero attached hydrogens (tertiary/aromatic N) is 2. The number of rotatable bonds is 5. The molecule has 0 atom stereocenters. The van der Waals surface area contributed by atoms with Crippen LogP contribution in [0.5, 0.6) is 0 Å². The molecular formula is C22H26F3N3O3S. The van der Waals surface area contributed by atoms with Crippen LogP contribution in [0.2, 0.25) is 0 Å². The summed E-state index contributed by atoms with van der Waals surface area (Å²) in [4.78, 5) is 14.1. The van der Waals surface area contributed by atoms with Gasteiger partial charge in [-0.05, 0) is 35.2 Å². The van der Waals surface area contributed by atoms with Gasteiger partial charge in [-0.25, -0.2) is 21.6 Å². The summed E-state index contributed by atoms with van der Waals surface area (Å²) < 4.78 is 67.3. The lowest BCUT2D eigenvalue weighted by atomic mass is 9.87. The first-order valence-corrected chi connectivity index (χ1v) is 11.6. The second kappa shape index (κ2) is 9.21. The lowest BCUT2D eigenvalue weighted by Gasteiger charge is -2.33. The number of hydrogen-bond donors (Lipinski definition) is 1. The van der Waals surface area contributed by atoms with Gasteiger partial charge in [-0.2, -0.15) is 4.31 Å². The zero-order chi connectivity index (χ0) is 23.7. The summed E-state index contributed by atoms with van der Waals surface area (Å²) >= 11 is 0. The molecule has 1 heterocycles. The van der Waals surface area contributed by atoms with Gasteiger partial charge in [0.15, 0.2) is 17.5 Å². The average Bonchev–Trinajstić information content (AvgIpc) is 2.74. The predicted octanol–water partition coefficient (Wildman–Crippen LogP) is 3.35. The van der Waals surface area contributed by atoms with Crippen molar-refractivity contribution < 1.29 is 26.4 Å². The molecule has 0 radical (unpaired) electrons. The summed E-state index contributed by atoms with van der Waals surface area (Å²) in [5.41, 5.74) is 0.496. The molecule has 0 spiro atoms. The van der Waals surface area contributed by atoms with Crippen molar-refractivity contribution in [2.75, 3.05) is 38.0 Å². The van der Waals surface area contributed by atoms with Gasteiger partial charge in [-0.1, -0.05) is 32.9 Å². The molecule has 1 N–H and O–H groups in total. The van der Waals surface area contributed by atoms with E-state index in [1.165, 1.54) is 4.31 Å². The van der Waals surface area contributed by atoms with E-state index in [4.69, 9.17) is 0 Å². The van der Waals surface area contributed by atoms with Gasteiger partial charge in [-0.15, -0.1) is 0 Å². The summed E-state index contributed by atoms with van der Waals surface area (Å²) in [5, 5.41) is 2.22. The molecule has 10 heteroatoms. The molecule has 1 aliphatic rings. The summed E-state index contributed by atoms with van der Waals surface area (Å²) in [6.07, 6.45) is 0. The minimum atomic E-state index is -3.66. The van der Waals surface area contributed by atoms with Crippen LogP contribution in [0.3, 0.4) is 0 Å². The van der Waals surface area contributed by atoms with Crippen molar-refractivity contribution in [2.24, 2.45) is 0 Å². The van der Waals surface area contributed by atoms with Crippen molar-refractivity contribution in [1.29, 1.82) is 0 Å². The van der Waals surface area contributed by atoms with Crippen LogP contribution in [0.15, 0.2) is 41.3 Å². The van der Waals surface area contributed by atoms with Gasteiger partial charge in [-0.3, -0.25) is 9.69 Å². The number of halogens is 3. The topological polar surface area (TPSA) is 69.7 Å². The van der Waals surface area contributed by atoms with Gasteiger partial charge in [0, 0.05) is 26.2 Å². The monoisotopic (exact) mass is 469 g/mol. The molecule has 0 unspecified atom stereocenters. The normalized spacial score (nSPS) is 16.2. The van der Waals surface area contributed by atoms with E-state index in [1.807, 2.05) is 32.9 Å². The standard InChI is InChI=1S/C22H26F3N3O3S/c1-22(2,3)15-4-6-16(7-5-15)32(30,31)28-12-10-27(11-13-28)14-19(29)26-18-9-8-17(23)20(24)21(18)25/h4-9H,10-14H2,1-3H3,(H,26,29). The van der Waals surface area contributed by atoms with Crippen LogP contribution in [0.4, 0.5) is 18.9 Å². The van der Waals surface area contributed by atoms with Crippen LogP contribution in [0.25, 0.3) is 0 Å². The minimum absolute atomic E-state index is 0.0862. The second-order valence-electron chi connectivity index (χ2n) is 8.73. The van der Waals surface area contributed by atoms with Crippen molar-refractivity contribution in [1.82, 2.24) is 9.21 Å². The Kier molecular flexibility index (Phi) is 6.97. The van der Waals surface area contributed by atoms with Crippen molar-refractivity contribution in [3.63, 3.8) is 0 Å². The third-order valence-corrected chi connectivity index (χ3v) is 7.28. The molecule has 1 aliphatic heterocycles. The van der Waals surface area contributed by atoms with Crippen LogP contribution >= 0.6 is 0 Å². The van der Waals surface area contributed by atoms with E-state index >= 15 is 0 Å². The Morgan fingerprint density at radius 2 is 1.53 bits per heavy atom. The van der Waals surface area contributed by atoms with Gasteiger partial charge in [0.05, 0.1) is 17.1 Å². The first-order chi connectivity index (χ1) is 14.9. The molecule has 0 saturated carbocycles. The number of anilines is 1. The molecule has 32 heavy (non-hydrogen) atoms. The fraction of sp³-hybridized carbons (Fsp3) is 0.409. The van der Waals surface area contributed by atoms with E-state index in [0.29, 0.717) is 13.1 Å². The van der Waals surface area contributed by atoms with E-state index < -0.39 is 39.1 Å². The Balaban J connectivity index is 1.57. The lowest BCUT2D eigenvalue weighted by Crippen LogP contribution is -2.50. The fourth-order valence-electron chi connectivity index (χ4n) is 3.42. The van der Waals surface area contributed by atoms with Crippen LogP contribution in [0, 0.1) is 17.5 Å². The molecule has 1 fully saturated rings. The highest BCUT2D eigenvalue weighted by Gasteiger charge is 2.29. The van der Waals surface area contributed by atoms with Gasteiger partial charge in [0.2, 0.25) is 15.9 Å². The fourth-order valence-corrected chi connectivity index (χ4v) is 4.84. The Morgan fingerprint density at radius 1 is 0.938 bits per heavy atom. The Bertz CT molecular complexity index is 1090. The molecule has 174 valence electrons. The number of sulfonamides is 1. The highest BCUT2D eigenvalue weighted by molar-refractivity contribution is 7.89. The number of nitrogens with one attached hydrogen (secondary N) is 1. The van der Waals surface area contributed by atoms with Crippen LogP contribution < -0.4 is 5.32 Å². The van der Waals surface area contributed by atoms with Crippen LogP contribution in [0.1, 0.15) is 26.3 Å². The van der Waals surface area contributed by atoms with E-state index in [-0.39, 0.29) is 29.9 Å². The van der Waals surface area contributed by atoms with Crippen molar-refractivity contribution in [3.05, 3.63) is 59.4 Å². The van der Waals surface area contributed by atoms with Gasteiger partial charge in [0.25, 0.3) is 0 Å². The number of hydrogen-bond acceptors (Lipinski definition) is 4. The average molecular weight is 470 g/mol. The summed E-state index contributed by atoms with van der Waals surface area (Å²) in [6, 6.07) is 8.50. The van der Waals surface area contributed by atoms with E-state index in [9.17, 15) is 26.4 Å². The zero-order valence-corrected chi connectivity index (χ0v) is 19.0. The smallest absolute Gasteiger partial charge is 0.243 e. The Hall–Kier alpha value is -2.43. The molecule has 0 aliphatic carbocycles. The van der Waals surface area contributed by atoms with E-state index in [0.717, 1.165) is 17.7 Å². The largest absolute Gasteiger partial charge is 0.322 e. The molecular weight excluding hydrogens is 443 g/mol. The Labute approximate surface area is 186 Å². The molecule has 6 nitrogen and oxygen atoms in total. The third-order valence-electron chi connectivity index (χ3n) is 5.37. The molecule has 1 saturated heterocycles. The van der Waals surface area contributed by atoms with E-state index in [2.05, 4.69) is 5.32 Å². The maximum absolute atomic E-state index is 13.7. The highest BCUT2D eigenvalue weighted by Crippen LogP contribution is 2.25. The van der Waals surface area contributed by atoms with Gasteiger partial charge >= 0.3 is 0 Å². The quantitative estimate of drug-likeness (QED) is 0.682. The van der Waals surface area contributed by atoms with Crippen molar-refractivity contribution >= 4 is 21.6 Å². The van der Waals surface area contributed by atoms with Crippen molar-refractivity contribution in [2.45, 2.75) is 31.1 Å². The summed E-state index contributed by atoms with van der Waals surface area (Å²) in [7, 11) is -3.66. The van der Waals surface area contributed by atoms with Gasteiger partial charge < -0.3 is 5.32 Å². The second-order valence-corrected chi connectivity index (χ2v) is 10.7. The summed E-state index contributed by atoms with van der Waals surface area (Å²) in [6.45, 7) is 6.99. The molecule has 0 bridgehead atoms. The van der Waals surface area contributed by atoms with Crippen LogP contribution in [-0.2, 0) is 20.2 Å². The van der Waals surface area contributed by atoms with Crippen molar-refractivity contribution in [3.8, 4) is 0 Å². The van der Waals surface area contributed by atoms with Gasteiger partial charge in [0.1, 0.15) is 0 Å². The molecule has 2 aromatic carbocycles. The molecule has 1 amide bonds. The number of benzene rings is 2. The lowest BCUT2D eigenvalue weighted by molar-refractivity contribution is -0.117. The zero-order valence-electron chi connectivity index (χ0n) is 18.2. The number of amides is 1. The first kappa shape index (κ1) is 24.2. The SMILES string of the molecule is CC(C)(C)c1ccc(S(=O)(=O)N2CCN(CC(=O)Nc3ccc(F)c(F)c3F)CC2)cc1. The first-order valence-electron chi connectivity index (χ1n) is 10.2.